The molecule has 0 aliphatic heterocycles. The van der Waals surface area contributed by atoms with E-state index in [9.17, 15) is 0 Å². The summed E-state index contributed by atoms with van der Waals surface area (Å²) >= 11 is 0. The Morgan fingerprint density at radius 3 is 1.29 bits per heavy atom. The SMILES string of the molecule is CO[Si](CCCCCC(C)C)(CCCCCC(C)C)OC. The van der Waals surface area contributed by atoms with Gasteiger partial charge >= 0.3 is 8.56 Å². The Balaban J connectivity index is 3.89. The van der Waals surface area contributed by atoms with E-state index in [1.165, 1.54) is 63.5 Å². The second-order valence-corrected chi connectivity index (χ2v) is 10.9. The van der Waals surface area contributed by atoms with Crippen LogP contribution in [0.25, 0.3) is 0 Å². The molecule has 0 radical (unpaired) electrons. The van der Waals surface area contributed by atoms with Gasteiger partial charge in [-0.15, -0.1) is 0 Å². The Morgan fingerprint density at radius 1 is 0.619 bits per heavy atom. The van der Waals surface area contributed by atoms with E-state index in [0.29, 0.717) is 0 Å². The monoisotopic (exact) mass is 316 g/mol. The van der Waals surface area contributed by atoms with Gasteiger partial charge in [-0.2, -0.15) is 0 Å². The van der Waals surface area contributed by atoms with Crippen molar-refractivity contribution in [2.75, 3.05) is 14.2 Å². The van der Waals surface area contributed by atoms with Crippen LogP contribution in [0.5, 0.6) is 0 Å². The zero-order valence-corrected chi connectivity index (χ0v) is 16.5. The molecule has 0 unspecified atom stereocenters. The molecule has 0 heterocycles. The van der Waals surface area contributed by atoms with Gasteiger partial charge in [-0.1, -0.05) is 79.1 Å². The first-order chi connectivity index (χ1) is 9.95. The maximum absolute atomic E-state index is 5.86. The van der Waals surface area contributed by atoms with Crippen molar-refractivity contribution >= 4 is 8.56 Å². The van der Waals surface area contributed by atoms with Gasteiger partial charge in [-0.05, 0) is 23.9 Å². The fraction of sp³-hybridized carbons (Fsp3) is 1.00. The van der Waals surface area contributed by atoms with Gasteiger partial charge in [0.1, 0.15) is 0 Å². The molecular formula is C18H40O2Si. The van der Waals surface area contributed by atoms with Crippen molar-refractivity contribution in [2.24, 2.45) is 11.8 Å². The van der Waals surface area contributed by atoms with E-state index in [1.54, 1.807) is 0 Å². The first-order valence-corrected chi connectivity index (χ1v) is 11.3. The largest absolute Gasteiger partial charge is 0.398 e. The first-order valence-electron chi connectivity index (χ1n) is 9.06. The van der Waals surface area contributed by atoms with Gasteiger partial charge in [0.05, 0.1) is 0 Å². The summed E-state index contributed by atoms with van der Waals surface area (Å²) in [6, 6.07) is 2.34. The fourth-order valence-corrected chi connectivity index (χ4v) is 5.67. The standard InChI is InChI=1S/C18H40O2Si/c1-17(2)13-9-7-11-15-21(19-5,20-6)16-12-8-10-14-18(3)4/h17-18H,7-16H2,1-6H3. The smallest absolute Gasteiger partial charge is 0.337 e. The van der Waals surface area contributed by atoms with Crippen molar-refractivity contribution in [3.05, 3.63) is 0 Å². The Morgan fingerprint density at radius 2 is 1.00 bits per heavy atom. The molecule has 0 aliphatic rings. The van der Waals surface area contributed by atoms with Gasteiger partial charge in [0.2, 0.25) is 0 Å². The van der Waals surface area contributed by atoms with Gasteiger partial charge in [-0.3, -0.25) is 0 Å². The lowest BCUT2D eigenvalue weighted by Crippen LogP contribution is -2.39. The van der Waals surface area contributed by atoms with Crippen molar-refractivity contribution in [3.63, 3.8) is 0 Å². The van der Waals surface area contributed by atoms with Crippen LogP contribution in [0, 0.1) is 11.8 Å². The van der Waals surface area contributed by atoms with E-state index in [1.807, 2.05) is 14.2 Å². The minimum absolute atomic E-state index is 0.831. The maximum atomic E-state index is 5.86. The van der Waals surface area contributed by atoms with E-state index < -0.39 is 8.56 Å². The highest BCUT2D eigenvalue weighted by Crippen LogP contribution is 2.25. The molecule has 0 aromatic carbocycles. The van der Waals surface area contributed by atoms with Crippen LogP contribution in [0.2, 0.25) is 12.1 Å². The first kappa shape index (κ1) is 21.1. The van der Waals surface area contributed by atoms with Crippen LogP contribution in [0.3, 0.4) is 0 Å². The molecule has 0 spiro atoms. The minimum Gasteiger partial charge on any atom is -0.398 e. The fourth-order valence-electron chi connectivity index (χ4n) is 2.86. The minimum atomic E-state index is -1.90. The molecule has 0 atom stereocenters. The molecule has 0 saturated heterocycles. The predicted molar refractivity (Wildman–Crippen MR) is 96.0 cm³/mol. The van der Waals surface area contributed by atoms with E-state index in [0.717, 1.165) is 11.8 Å². The highest BCUT2D eigenvalue weighted by molar-refractivity contribution is 6.67. The summed E-state index contributed by atoms with van der Waals surface area (Å²) in [5.41, 5.74) is 0. The molecule has 0 N–H and O–H groups in total. The van der Waals surface area contributed by atoms with E-state index in [4.69, 9.17) is 8.85 Å². The summed E-state index contributed by atoms with van der Waals surface area (Å²) in [6.45, 7) is 9.22. The van der Waals surface area contributed by atoms with Gasteiger partial charge in [0, 0.05) is 14.2 Å². The molecule has 128 valence electrons. The molecule has 0 saturated carbocycles. The number of hydrogen-bond acceptors (Lipinski definition) is 2. The van der Waals surface area contributed by atoms with E-state index in [2.05, 4.69) is 27.7 Å². The normalized spacial score (nSPS) is 12.6. The number of hydrogen-bond donors (Lipinski definition) is 0. The highest BCUT2D eigenvalue weighted by Gasteiger charge is 2.33. The average molecular weight is 317 g/mol. The molecule has 0 amide bonds. The van der Waals surface area contributed by atoms with Crippen LogP contribution < -0.4 is 0 Å². The second kappa shape index (κ2) is 12.7. The van der Waals surface area contributed by atoms with Crippen LogP contribution in [0.4, 0.5) is 0 Å². The van der Waals surface area contributed by atoms with E-state index >= 15 is 0 Å². The van der Waals surface area contributed by atoms with Crippen molar-refractivity contribution in [2.45, 2.75) is 91.1 Å². The molecule has 0 rings (SSSR count). The Labute approximate surface area is 135 Å². The quantitative estimate of drug-likeness (QED) is 0.282. The summed E-state index contributed by atoms with van der Waals surface area (Å²) in [5, 5.41) is 0. The third-order valence-corrected chi connectivity index (χ3v) is 8.14. The summed E-state index contributed by atoms with van der Waals surface area (Å²) in [5.74, 6) is 1.66. The van der Waals surface area contributed by atoms with E-state index in [-0.39, 0.29) is 0 Å². The van der Waals surface area contributed by atoms with Crippen molar-refractivity contribution in [3.8, 4) is 0 Å². The molecule has 0 bridgehead atoms. The summed E-state index contributed by atoms with van der Waals surface area (Å²) < 4.78 is 11.7. The second-order valence-electron chi connectivity index (χ2n) is 7.31. The Kier molecular flexibility index (Phi) is 12.7. The summed E-state index contributed by atoms with van der Waals surface area (Å²) in [7, 11) is 1.82. The lowest BCUT2D eigenvalue weighted by molar-refractivity contribution is 0.238. The predicted octanol–water partition coefficient (Wildman–Crippen LogP) is 6.15. The number of rotatable bonds is 14. The van der Waals surface area contributed by atoms with Gasteiger partial charge in [0.15, 0.2) is 0 Å². The molecule has 2 nitrogen and oxygen atoms in total. The lowest BCUT2D eigenvalue weighted by Gasteiger charge is -2.27. The highest BCUT2D eigenvalue weighted by atomic mass is 28.4. The van der Waals surface area contributed by atoms with Gasteiger partial charge < -0.3 is 8.85 Å². The Bertz CT molecular complexity index is 205. The third-order valence-electron chi connectivity index (χ3n) is 4.42. The van der Waals surface area contributed by atoms with Crippen LogP contribution in [-0.2, 0) is 8.85 Å². The third kappa shape index (κ3) is 11.4. The molecule has 0 aromatic heterocycles. The zero-order valence-electron chi connectivity index (χ0n) is 15.5. The topological polar surface area (TPSA) is 18.5 Å². The van der Waals surface area contributed by atoms with Crippen LogP contribution in [0.1, 0.15) is 79.1 Å². The van der Waals surface area contributed by atoms with Crippen molar-refractivity contribution in [1.29, 1.82) is 0 Å². The molecule has 21 heavy (non-hydrogen) atoms. The van der Waals surface area contributed by atoms with Crippen LogP contribution in [0.15, 0.2) is 0 Å². The molecule has 0 fully saturated rings. The van der Waals surface area contributed by atoms with Gasteiger partial charge in [0.25, 0.3) is 0 Å². The van der Waals surface area contributed by atoms with Crippen LogP contribution in [-0.4, -0.2) is 22.8 Å². The van der Waals surface area contributed by atoms with Gasteiger partial charge in [-0.25, -0.2) is 0 Å². The molecule has 0 aromatic rings. The van der Waals surface area contributed by atoms with Crippen molar-refractivity contribution < 1.29 is 8.85 Å². The van der Waals surface area contributed by atoms with Crippen LogP contribution >= 0.6 is 0 Å². The lowest BCUT2D eigenvalue weighted by atomic mass is 10.1. The van der Waals surface area contributed by atoms with Crippen molar-refractivity contribution in [1.82, 2.24) is 0 Å². The zero-order chi connectivity index (χ0) is 16.1. The molecular weight excluding hydrogens is 276 g/mol. The average Bonchev–Trinajstić information content (AvgIpc) is 2.44. The summed E-state index contributed by atoms with van der Waals surface area (Å²) in [4.78, 5) is 0. The summed E-state index contributed by atoms with van der Waals surface area (Å²) in [6.07, 6.45) is 10.6. The molecule has 3 heteroatoms. The molecule has 0 aliphatic carbocycles. The Hall–Kier alpha value is 0.137. The maximum Gasteiger partial charge on any atom is 0.337 e. The number of unbranched alkanes of at least 4 members (excludes halogenated alkanes) is 4.